The van der Waals surface area contributed by atoms with Gasteiger partial charge >= 0.3 is 0 Å². The minimum Gasteiger partial charge on any atom is -0.497 e. The number of ether oxygens (including phenoxy) is 2. The van der Waals surface area contributed by atoms with Gasteiger partial charge in [0.25, 0.3) is 5.91 Å². The van der Waals surface area contributed by atoms with Crippen molar-refractivity contribution in [3.05, 3.63) is 53.6 Å². The van der Waals surface area contributed by atoms with E-state index in [-0.39, 0.29) is 24.6 Å². The molecule has 0 fully saturated rings. The van der Waals surface area contributed by atoms with Crippen molar-refractivity contribution in [2.24, 2.45) is 0 Å². The van der Waals surface area contributed by atoms with E-state index < -0.39 is 21.8 Å². The molecule has 3 rings (SSSR count). The second-order valence-electron chi connectivity index (χ2n) is 7.08. The number of nitrogens with zero attached hydrogens (tertiary/aromatic N) is 1. The fraction of sp³-hybridized carbons (Fsp3) is 0.333. The highest BCUT2D eigenvalue weighted by Crippen LogP contribution is 2.31. The second kappa shape index (κ2) is 8.74. The average Bonchev–Trinajstić information content (AvgIpc) is 3.04. The van der Waals surface area contributed by atoms with Gasteiger partial charge < -0.3 is 19.7 Å². The highest BCUT2D eigenvalue weighted by atomic mass is 32.2. The number of methoxy groups -OCH3 is 2. The Hall–Kier alpha value is -3.07. The summed E-state index contributed by atoms with van der Waals surface area (Å²) in [7, 11) is -0.338. The number of anilines is 1. The third-order valence-electron chi connectivity index (χ3n) is 4.96. The molecular weight excluding hydrogens is 408 g/mol. The standard InChI is InChI=1S/C21H24N2O6S/c1-28-15-8-9-17(19(12-15)29-2)22-20(24)18(10-11-30(3,26)27)23-13-14-6-4-5-7-16(14)21(23)25/h4-9,12,18H,10-11,13H2,1-3H3,(H,22,24)/t18-/m0/s1. The van der Waals surface area contributed by atoms with E-state index in [2.05, 4.69) is 5.32 Å². The van der Waals surface area contributed by atoms with E-state index in [1.165, 1.54) is 19.1 Å². The fourth-order valence-electron chi connectivity index (χ4n) is 3.40. The lowest BCUT2D eigenvalue weighted by molar-refractivity contribution is -0.120. The largest absolute Gasteiger partial charge is 0.497 e. The van der Waals surface area contributed by atoms with Crippen LogP contribution in [0.4, 0.5) is 5.69 Å². The Morgan fingerprint density at radius 3 is 2.53 bits per heavy atom. The maximum atomic E-state index is 13.1. The van der Waals surface area contributed by atoms with Crippen molar-refractivity contribution in [3.8, 4) is 11.5 Å². The number of hydrogen-bond acceptors (Lipinski definition) is 6. The summed E-state index contributed by atoms with van der Waals surface area (Å²) in [6.45, 7) is 0.247. The third-order valence-corrected chi connectivity index (χ3v) is 5.93. The van der Waals surface area contributed by atoms with Gasteiger partial charge in [-0.2, -0.15) is 0 Å². The minimum absolute atomic E-state index is 0.0110. The van der Waals surface area contributed by atoms with Gasteiger partial charge in [-0.1, -0.05) is 18.2 Å². The monoisotopic (exact) mass is 432 g/mol. The molecule has 0 bridgehead atoms. The maximum absolute atomic E-state index is 13.1. The molecule has 0 unspecified atom stereocenters. The van der Waals surface area contributed by atoms with Crippen molar-refractivity contribution >= 4 is 27.3 Å². The number of hydrogen-bond donors (Lipinski definition) is 1. The highest BCUT2D eigenvalue weighted by molar-refractivity contribution is 7.90. The number of amides is 2. The summed E-state index contributed by atoms with van der Waals surface area (Å²) < 4.78 is 33.9. The summed E-state index contributed by atoms with van der Waals surface area (Å²) in [5, 5.41) is 2.77. The van der Waals surface area contributed by atoms with Gasteiger partial charge in [-0.05, 0) is 30.2 Å². The van der Waals surface area contributed by atoms with Crippen molar-refractivity contribution < 1.29 is 27.5 Å². The Bertz CT molecular complexity index is 1070. The zero-order valence-corrected chi connectivity index (χ0v) is 17.9. The summed E-state index contributed by atoms with van der Waals surface area (Å²) >= 11 is 0. The fourth-order valence-corrected chi connectivity index (χ4v) is 4.05. The summed E-state index contributed by atoms with van der Waals surface area (Å²) in [6, 6.07) is 11.1. The van der Waals surface area contributed by atoms with E-state index in [4.69, 9.17) is 9.47 Å². The van der Waals surface area contributed by atoms with Gasteiger partial charge in [0, 0.05) is 24.4 Å². The quantitative estimate of drug-likeness (QED) is 0.685. The molecule has 0 aliphatic carbocycles. The van der Waals surface area contributed by atoms with Crippen LogP contribution in [-0.4, -0.2) is 57.4 Å². The van der Waals surface area contributed by atoms with Crippen LogP contribution < -0.4 is 14.8 Å². The van der Waals surface area contributed by atoms with Crippen molar-refractivity contribution in [1.82, 2.24) is 4.90 Å². The van der Waals surface area contributed by atoms with E-state index >= 15 is 0 Å². The van der Waals surface area contributed by atoms with Crippen LogP contribution in [0.2, 0.25) is 0 Å². The molecule has 1 heterocycles. The first kappa shape index (κ1) is 21.6. The minimum atomic E-state index is -3.32. The predicted molar refractivity (Wildman–Crippen MR) is 113 cm³/mol. The topological polar surface area (TPSA) is 102 Å². The van der Waals surface area contributed by atoms with E-state index in [1.54, 1.807) is 30.3 Å². The normalized spacial score (nSPS) is 14.2. The van der Waals surface area contributed by atoms with Gasteiger partial charge in [-0.3, -0.25) is 9.59 Å². The molecule has 160 valence electrons. The number of nitrogens with one attached hydrogen (secondary N) is 1. The van der Waals surface area contributed by atoms with Crippen LogP contribution in [0, 0.1) is 0 Å². The lowest BCUT2D eigenvalue weighted by atomic mass is 10.1. The summed E-state index contributed by atoms with van der Waals surface area (Å²) in [6.07, 6.45) is 1.10. The molecule has 1 atom stereocenters. The molecule has 2 aromatic carbocycles. The van der Waals surface area contributed by atoms with Crippen LogP contribution in [0.3, 0.4) is 0 Å². The van der Waals surface area contributed by atoms with Gasteiger partial charge in [-0.25, -0.2) is 8.42 Å². The van der Waals surface area contributed by atoms with Crippen molar-refractivity contribution in [1.29, 1.82) is 0 Å². The van der Waals surface area contributed by atoms with Crippen LogP contribution in [0.1, 0.15) is 22.3 Å². The molecule has 0 spiro atoms. The zero-order valence-electron chi connectivity index (χ0n) is 17.0. The predicted octanol–water partition coefficient (Wildman–Crippen LogP) is 2.10. The lowest BCUT2D eigenvalue weighted by Gasteiger charge is -2.27. The summed E-state index contributed by atoms with van der Waals surface area (Å²) in [5.41, 5.74) is 1.73. The molecule has 8 nitrogen and oxygen atoms in total. The third kappa shape index (κ3) is 4.73. The summed E-state index contributed by atoms with van der Waals surface area (Å²) in [5.74, 6) is -0.0428. The SMILES string of the molecule is COc1ccc(NC(=O)[C@H](CCS(C)(=O)=O)N2Cc3ccccc3C2=O)c(OC)c1. The first-order valence-electron chi connectivity index (χ1n) is 9.33. The Kier molecular flexibility index (Phi) is 6.31. The van der Waals surface area contributed by atoms with Gasteiger partial charge in [-0.15, -0.1) is 0 Å². The smallest absolute Gasteiger partial charge is 0.255 e. The molecule has 9 heteroatoms. The number of carbonyl (C=O) groups excluding carboxylic acids is 2. The molecular formula is C21H24N2O6S. The van der Waals surface area contributed by atoms with Crippen molar-refractivity contribution in [2.45, 2.75) is 19.0 Å². The molecule has 2 aromatic rings. The van der Waals surface area contributed by atoms with E-state index in [0.29, 0.717) is 22.7 Å². The van der Waals surface area contributed by atoms with Crippen LogP contribution in [0.15, 0.2) is 42.5 Å². The molecule has 0 radical (unpaired) electrons. The molecule has 0 saturated heterocycles. The number of sulfone groups is 1. The number of carbonyl (C=O) groups is 2. The van der Waals surface area contributed by atoms with Crippen LogP contribution in [0.5, 0.6) is 11.5 Å². The molecule has 1 aliphatic rings. The lowest BCUT2D eigenvalue weighted by Crippen LogP contribution is -2.45. The molecule has 0 aromatic heterocycles. The van der Waals surface area contributed by atoms with Crippen LogP contribution in [-0.2, 0) is 21.2 Å². The average molecular weight is 432 g/mol. The highest BCUT2D eigenvalue weighted by Gasteiger charge is 2.36. The first-order valence-corrected chi connectivity index (χ1v) is 11.4. The molecule has 1 N–H and O–H groups in total. The Morgan fingerprint density at radius 2 is 1.90 bits per heavy atom. The van der Waals surface area contributed by atoms with Crippen LogP contribution >= 0.6 is 0 Å². The molecule has 0 saturated carbocycles. The van der Waals surface area contributed by atoms with Gasteiger partial charge in [0.15, 0.2) is 0 Å². The second-order valence-corrected chi connectivity index (χ2v) is 9.34. The van der Waals surface area contributed by atoms with Gasteiger partial charge in [0.1, 0.15) is 27.4 Å². The van der Waals surface area contributed by atoms with Gasteiger partial charge in [0.05, 0.1) is 25.7 Å². The number of benzene rings is 2. The van der Waals surface area contributed by atoms with Crippen LogP contribution in [0.25, 0.3) is 0 Å². The number of fused-ring (bicyclic) bond motifs is 1. The Labute approximate surface area is 175 Å². The van der Waals surface area contributed by atoms with Crippen molar-refractivity contribution in [2.75, 3.05) is 31.5 Å². The Balaban J connectivity index is 1.87. The van der Waals surface area contributed by atoms with Gasteiger partial charge in [0.2, 0.25) is 5.91 Å². The van der Waals surface area contributed by atoms with Crippen molar-refractivity contribution in [3.63, 3.8) is 0 Å². The zero-order chi connectivity index (χ0) is 21.9. The number of rotatable bonds is 8. The summed E-state index contributed by atoms with van der Waals surface area (Å²) in [4.78, 5) is 27.4. The van der Waals surface area contributed by atoms with E-state index in [0.717, 1.165) is 11.8 Å². The Morgan fingerprint density at radius 1 is 1.17 bits per heavy atom. The maximum Gasteiger partial charge on any atom is 0.255 e. The first-order chi connectivity index (χ1) is 14.2. The molecule has 1 aliphatic heterocycles. The molecule has 2 amide bonds. The molecule has 30 heavy (non-hydrogen) atoms. The van der Waals surface area contributed by atoms with E-state index in [9.17, 15) is 18.0 Å². The van der Waals surface area contributed by atoms with E-state index in [1.807, 2.05) is 12.1 Å².